The van der Waals surface area contributed by atoms with E-state index >= 15 is 0 Å². The highest BCUT2D eigenvalue weighted by Gasteiger charge is 2.44. The molecular formula is C11H18BN3O2. The van der Waals surface area contributed by atoms with Gasteiger partial charge in [-0.05, 0) is 39.3 Å². The third kappa shape index (κ3) is 2.29. The summed E-state index contributed by atoms with van der Waals surface area (Å²) in [7, 11) is -0.348. The summed E-state index contributed by atoms with van der Waals surface area (Å²) in [6.07, 6.45) is 1.79. The van der Waals surface area contributed by atoms with Crippen LogP contribution >= 0.6 is 0 Å². The van der Waals surface area contributed by atoms with Crippen LogP contribution in [0.25, 0.3) is 0 Å². The smallest absolute Gasteiger partial charge is 0.402 e. The molecule has 1 aromatic heterocycles. The van der Waals surface area contributed by atoms with E-state index in [-0.39, 0.29) is 18.8 Å². The number of nitrogen functional groups attached to an aromatic ring is 1. The van der Waals surface area contributed by atoms with Gasteiger partial charge < -0.3 is 14.7 Å². The van der Waals surface area contributed by atoms with Gasteiger partial charge in [0.15, 0.2) is 0 Å². The molecule has 0 bridgehead atoms. The standard InChI is InChI=1S/C11H18BN3O2/c1-7-5-10(15-13)14-6-9(7)12-16-8(2)11(3,4)17-12/h5-6,8H,13H2,1-4H3,(H,14,15)/t8-/m1/s1. The van der Waals surface area contributed by atoms with Crippen LogP contribution in [0.1, 0.15) is 26.3 Å². The number of pyridine rings is 1. The molecule has 0 spiro atoms. The highest BCUT2D eigenvalue weighted by molar-refractivity contribution is 6.62. The normalized spacial score (nSPS) is 22.9. The molecule has 0 aliphatic carbocycles. The van der Waals surface area contributed by atoms with Crippen LogP contribution in [0, 0.1) is 6.92 Å². The van der Waals surface area contributed by atoms with E-state index in [1.807, 2.05) is 33.8 Å². The Bertz CT molecular complexity index is 425. The molecule has 1 aliphatic heterocycles. The number of hydrogen-bond donors (Lipinski definition) is 2. The van der Waals surface area contributed by atoms with E-state index in [9.17, 15) is 0 Å². The summed E-state index contributed by atoms with van der Waals surface area (Å²) >= 11 is 0. The van der Waals surface area contributed by atoms with Crippen molar-refractivity contribution in [2.75, 3.05) is 5.43 Å². The highest BCUT2D eigenvalue weighted by atomic mass is 16.7. The Kier molecular flexibility index (Phi) is 3.12. The van der Waals surface area contributed by atoms with Crippen molar-refractivity contribution >= 4 is 18.4 Å². The first-order valence-electron chi connectivity index (χ1n) is 5.70. The van der Waals surface area contributed by atoms with Gasteiger partial charge in [0.1, 0.15) is 5.82 Å². The van der Waals surface area contributed by atoms with Gasteiger partial charge in [-0.1, -0.05) is 0 Å². The van der Waals surface area contributed by atoms with Crippen molar-refractivity contribution in [3.8, 4) is 0 Å². The summed E-state index contributed by atoms with van der Waals surface area (Å²) in [6.45, 7) is 8.05. The molecule has 0 aromatic carbocycles. The van der Waals surface area contributed by atoms with Crippen LogP contribution < -0.4 is 16.7 Å². The van der Waals surface area contributed by atoms with Gasteiger partial charge in [-0.15, -0.1) is 0 Å². The monoisotopic (exact) mass is 235 g/mol. The molecular weight excluding hydrogens is 217 g/mol. The quantitative estimate of drug-likeness (QED) is 0.446. The number of hydrazine groups is 1. The number of rotatable bonds is 2. The van der Waals surface area contributed by atoms with Gasteiger partial charge in [-0.2, -0.15) is 0 Å². The summed E-state index contributed by atoms with van der Waals surface area (Å²) in [4.78, 5) is 4.18. The van der Waals surface area contributed by atoms with Crippen LogP contribution in [0.2, 0.25) is 0 Å². The molecule has 5 nitrogen and oxygen atoms in total. The predicted octanol–water partition coefficient (Wildman–Crippen LogP) is 0.585. The van der Waals surface area contributed by atoms with Crippen LogP contribution in [-0.4, -0.2) is 23.8 Å². The third-order valence-electron chi connectivity index (χ3n) is 3.27. The maximum absolute atomic E-state index is 5.89. The minimum Gasteiger partial charge on any atom is -0.402 e. The Hall–Kier alpha value is -1.11. The number of nitrogens with two attached hydrogens (primary N) is 1. The minimum absolute atomic E-state index is 0.0548. The van der Waals surface area contributed by atoms with Gasteiger partial charge in [-0.25, -0.2) is 10.8 Å². The SMILES string of the molecule is Cc1cc(NN)ncc1B1O[C@H](C)C(C)(C)O1. The Balaban J connectivity index is 2.25. The number of nitrogens with zero attached hydrogens (tertiary/aromatic N) is 1. The van der Waals surface area contributed by atoms with Crippen LogP contribution in [0.4, 0.5) is 5.82 Å². The molecule has 92 valence electrons. The van der Waals surface area contributed by atoms with Crippen LogP contribution in [0.5, 0.6) is 0 Å². The number of hydrogen-bond acceptors (Lipinski definition) is 5. The molecule has 6 heteroatoms. The average Bonchev–Trinajstić information content (AvgIpc) is 2.53. The first kappa shape index (κ1) is 12.4. The molecule has 0 amide bonds. The zero-order valence-electron chi connectivity index (χ0n) is 10.7. The van der Waals surface area contributed by atoms with Crippen molar-refractivity contribution in [1.82, 2.24) is 4.98 Å². The van der Waals surface area contributed by atoms with E-state index in [2.05, 4.69) is 10.4 Å². The molecule has 1 atom stereocenters. The molecule has 2 rings (SSSR count). The first-order valence-corrected chi connectivity index (χ1v) is 5.70. The van der Waals surface area contributed by atoms with E-state index in [0.717, 1.165) is 11.0 Å². The lowest BCUT2D eigenvalue weighted by Crippen LogP contribution is -2.36. The summed E-state index contributed by atoms with van der Waals surface area (Å²) in [6, 6.07) is 1.87. The second-order valence-electron chi connectivity index (χ2n) is 4.90. The van der Waals surface area contributed by atoms with Gasteiger partial charge >= 0.3 is 7.12 Å². The van der Waals surface area contributed by atoms with Crippen molar-refractivity contribution in [3.05, 3.63) is 17.8 Å². The zero-order valence-corrected chi connectivity index (χ0v) is 10.7. The molecule has 1 saturated heterocycles. The molecule has 3 N–H and O–H groups in total. The average molecular weight is 235 g/mol. The third-order valence-corrected chi connectivity index (χ3v) is 3.27. The van der Waals surface area contributed by atoms with Gasteiger partial charge in [0.05, 0.1) is 11.7 Å². The number of aromatic nitrogens is 1. The van der Waals surface area contributed by atoms with E-state index < -0.39 is 0 Å². The van der Waals surface area contributed by atoms with Crippen LogP contribution in [0.3, 0.4) is 0 Å². The Labute approximate surface area is 102 Å². The Morgan fingerprint density at radius 2 is 2.24 bits per heavy atom. The molecule has 17 heavy (non-hydrogen) atoms. The maximum atomic E-state index is 5.89. The van der Waals surface area contributed by atoms with Crippen molar-refractivity contribution in [1.29, 1.82) is 0 Å². The maximum Gasteiger partial charge on any atom is 0.496 e. The molecule has 1 fully saturated rings. The molecule has 0 unspecified atom stereocenters. The second kappa shape index (κ2) is 4.29. The van der Waals surface area contributed by atoms with Crippen LogP contribution in [0.15, 0.2) is 12.3 Å². The summed E-state index contributed by atoms with van der Waals surface area (Å²) in [5.74, 6) is 5.95. The van der Waals surface area contributed by atoms with Gasteiger partial charge in [0.25, 0.3) is 0 Å². The molecule has 1 aliphatic rings. The van der Waals surface area contributed by atoms with E-state index in [1.54, 1.807) is 6.20 Å². The number of anilines is 1. The summed E-state index contributed by atoms with van der Waals surface area (Å²) < 4.78 is 11.7. The fourth-order valence-electron chi connectivity index (χ4n) is 1.78. The van der Waals surface area contributed by atoms with E-state index in [1.165, 1.54) is 0 Å². The fraction of sp³-hybridized carbons (Fsp3) is 0.545. The molecule has 2 heterocycles. The van der Waals surface area contributed by atoms with Crippen molar-refractivity contribution < 1.29 is 9.31 Å². The van der Waals surface area contributed by atoms with Crippen molar-refractivity contribution in [2.45, 2.75) is 39.4 Å². The zero-order chi connectivity index (χ0) is 12.6. The fourth-order valence-corrected chi connectivity index (χ4v) is 1.78. The lowest BCUT2D eigenvalue weighted by atomic mass is 9.77. The Morgan fingerprint density at radius 1 is 1.53 bits per heavy atom. The number of nitrogens with one attached hydrogen (secondary N) is 1. The van der Waals surface area contributed by atoms with E-state index in [0.29, 0.717) is 5.82 Å². The number of aryl methyl sites for hydroxylation is 1. The molecule has 0 radical (unpaired) electrons. The largest absolute Gasteiger partial charge is 0.496 e. The van der Waals surface area contributed by atoms with Gasteiger partial charge in [0.2, 0.25) is 0 Å². The summed E-state index contributed by atoms with van der Waals surface area (Å²) in [5, 5.41) is 0. The summed E-state index contributed by atoms with van der Waals surface area (Å²) in [5.41, 5.74) is 4.23. The molecule has 1 aromatic rings. The lowest BCUT2D eigenvalue weighted by molar-refractivity contribution is 0.0842. The molecule has 0 saturated carbocycles. The van der Waals surface area contributed by atoms with Crippen LogP contribution in [-0.2, 0) is 9.31 Å². The van der Waals surface area contributed by atoms with Crippen molar-refractivity contribution in [2.24, 2.45) is 5.84 Å². The second-order valence-corrected chi connectivity index (χ2v) is 4.90. The highest BCUT2D eigenvalue weighted by Crippen LogP contribution is 2.27. The van der Waals surface area contributed by atoms with Gasteiger partial charge in [0, 0.05) is 11.7 Å². The Morgan fingerprint density at radius 3 is 2.71 bits per heavy atom. The predicted molar refractivity (Wildman–Crippen MR) is 67.9 cm³/mol. The lowest BCUT2D eigenvalue weighted by Gasteiger charge is -2.21. The topological polar surface area (TPSA) is 69.4 Å². The van der Waals surface area contributed by atoms with Gasteiger partial charge in [-0.3, -0.25) is 0 Å². The minimum atomic E-state index is -0.348. The first-order chi connectivity index (χ1) is 7.94. The van der Waals surface area contributed by atoms with E-state index in [4.69, 9.17) is 15.2 Å². The van der Waals surface area contributed by atoms with Crippen molar-refractivity contribution in [3.63, 3.8) is 0 Å².